The van der Waals surface area contributed by atoms with Crippen molar-refractivity contribution < 1.29 is 13.2 Å². The van der Waals surface area contributed by atoms with Crippen LogP contribution in [0.1, 0.15) is 27.2 Å². The van der Waals surface area contributed by atoms with Crippen LogP contribution in [-0.2, 0) is 14.8 Å². The van der Waals surface area contributed by atoms with Gasteiger partial charge in [0.1, 0.15) is 0 Å². The van der Waals surface area contributed by atoms with E-state index in [4.69, 9.17) is 0 Å². The number of amides is 1. The van der Waals surface area contributed by atoms with Crippen molar-refractivity contribution in [3.63, 3.8) is 0 Å². The average molecular weight is 405 g/mol. The van der Waals surface area contributed by atoms with Crippen LogP contribution < -0.4 is 16.0 Å². The minimum absolute atomic E-state index is 0. The molecule has 148 valence electrons. The van der Waals surface area contributed by atoms with E-state index in [1.54, 1.807) is 18.2 Å². The molecule has 0 radical (unpaired) electrons. The molecule has 1 aromatic rings. The van der Waals surface area contributed by atoms with Crippen LogP contribution in [0.4, 0.5) is 11.4 Å². The third kappa shape index (κ3) is 5.09. The maximum absolute atomic E-state index is 12.7. The highest BCUT2D eigenvalue weighted by Crippen LogP contribution is 2.28. The molecule has 0 aliphatic carbocycles. The lowest BCUT2D eigenvalue weighted by molar-refractivity contribution is -0.119. The van der Waals surface area contributed by atoms with Crippen molar-refractivity contribution in [1.29, 1.82) is 0 Å². The third-order valence-electron chi connectivity index (χ3n) is 4.39. The van der Waals surface area contributed by atoms with Gasteiger partial charge in [0.2, 0.25) is 15.9 Å². The van der Waals surface area contributed by atoms with Crippen LogP contribution in [0.5, 0.6) is 0 Å². The maximum atomic E-state index is 12.7. The van der Waals surface area contributed by atoms with Gasteiger partial charge in [0, 0.05) is 26.2 Å². The molecular weight excluding hydrogens is 376 g/mol. The topological polar surface area (TPSA) is 90.5 Å². The highest BCUT2D eigenvalue weighted by molar-refractivity contribution is 7.89. The van der Waals surface area contributed by atoms with E-state index >= 15 is 0 Å². The number of anilines is 2. The second-order valence-electron chi connectivity index (χ2n) is 6.01. The number of hydrogen-bond acceptors (Lipinski definition) is 5. The molecule has 0 aromatic heterocycles. The Bertz CT molecular complexity index is 702. The molecule has 1 fully saturated rings. The summed E-state index contributed by atoms with van der Waals surface area (Å²) in [4.78, 5) is 12.6. The van der Waals surface area contributed by atoms with E-state index < -0.39 is 10.0 Å². The molecule has 9 heteroatoms. The fourth-order valence-corrected chi connectivity index (χ4v) is 4.44. The van der Waals surface area contributed by atoms with E-state index in [1.165, 1.54) is 4.31 Å². The molecule has 1 aliphatic rings. The van der Waals surface area contributed by atoms with Gasteiger partial charge in [0.05, 0.1) is 22.2 Å². The van der Waals surface area contributed by atoms with Gasteiger partial charge in [-0.25, -0.2) is 8.42 Å². The number of nitrogens with one attached hydrogen (secondary N) is 3. The molecule has 26 heavy (non-hydrogen) atoms. The summed E-state index contributed by atoms with van der Waals surface area (Å²) in [5.74, 6) is -0.168. The smallest absolute Gasteiger partial charge is 0.243 e. The van der Waals surface area contributed by atoms with Crippen LogP contribution in [0.15, 0.2) is 23.1 Å². The van der Waals surface area contributed by atoms with Gasteiger partial charge in [-0.15, -0.1) is 12.4 Å². The fourth-order valence-electron chi connectivity index (χ4n) is 2.96. The van der Waals surface area contributed by atoms with Crippen molar-refractivity contribution >= 4 is 39.7 Å². The summed E-state index contributed by atoms with van der Waals surface area (Å²) in [6, 6.07) is 4.84. The predicted molar refractivity (Wildman–Crippen MR) is 108 cm³/mol. The number of carbonyl (C=O) groups is 1. The Kier molecular flexibility index (Phi) is 8.82. The SMILES string of the molecule is CCNc1ccc(S(=O)(=O)N(CC)CC)cc1NC(=O)C1CCNC1.Cl. The number of sulfonamides is 1. The number of nitrogens with zero attached hydrogens (tertiary/aromatic N) is 1. The van der Waals surface area contributed by atoms with Crippen LogP contribution in [0.2, 0.25) is 0 Å². The zero-order valence-corrected chi connectivity index (χ0v) is 17.2. The van der Waals surface area contributed by atoms with E-state index in [1.807, 2.05) is 20.8 Å². The highest BCUT2D eigenvalue weighted by atomic mass is 35.5. The first-order valence-corrected chi connectivity index (χ1v) is 10.3. The van der Waals surface area contributed by atoms with Crippen molar-refractivity contribution in [1.82, 2.24) is 9.62 Å². The van der Waals surface area contributed by atoms with Gasteiger partial charge in [-0.1, -0.05) is 13.8 Å². The molecule has 1 aliphatic heterocycles. The Morgan fingerprint density at radius 3 is 2.46 bits per heavy atom. The molecule has 1 heterocycles. The second kappa shape index (κ2) is 10.1. The summed E-state index contributed by atoms with van der Waals surface area (Å²) < 4.78 is 26.9. The summed E-state index contributed by atoms with van der Waals surface area (Å²) >= 11 is 0. The fraction of sp³-hybridized carbons (Fsp3) is 0.588. The van der Waals surface area contributed by atoms with Gasteiger partial charge < -0.3 is 16.0 Å². The predicted octanol–water partition coefficient (Wildman–Crippen LogP) is 2.12. The van der Waals surface area contributed by atoms with Crippen molar-refractivity contribution in [2.45, 2.75) is 32.1 Å². The third-order valence-corrected chi connectivity index (χ3v) is 6.44. The monoisotopic (exact) mass is 404 g/mol. The molecule has 0 saturated carbocycles. The number of benzene rings is 1. The van der Waals surface area contributed by atoms with Gasteiger partial charge in [0.25, 0.3) is 0 Å². The zero-order valence-electron chi connectivity index (χ0n) is 15.5. The zero-order chi connectivity index (χ0) is 18.4. The maximum Gasteiger partial charge on any atom is 0.243 e. The summed E-state index contributed by atoms with van der Waals surface area (Å²) in [5.41, 5.74) is 1.23. The first-order chi connectivity index (χ1) is 11.9. The summed E-state index contributed by atoms with van der Waals surface area (Å²) in [6.07, 6.45) is 0.791. The lowest BCUT2D eigenvalue weighted by Gasteiger charge is -2.20. The van der Waals surface area contributed by atoms with Gasteiger partial charge in [-0.2, -0.15) is 4.31 Å². The molecule has 3 N–H and O–H groups in total. The van der Waals surface area contributed by atoms with Crippen LogP contribution in [0, 0.1) is 5.92 Å². The number of hydrogen-bond donors (Lipinski definition) is 3. The molecule has 1 amide bonds. The molecule has 1 atom stereocenters. The van der Waals surface area contributed by atoms with Crippen LogP contribution in [0.25, 0.3) is 0 Å². The van der Waals surface area contributed by atoms with Crippen molar-refractivity contribution in [2.75, 3.05) is 43.4 Å². The highest BCUT2D eigenvalue weighted by Gasteiger charge is 2.25. The van der Waals surface area contributed by atoms with Crippen molar-refractivity contribution in [3.05, 3.63) is 18.2 Å². The van der Waals surface area contributed by atoms with E-state index in [0.717, 1.165) is 18.7 Å². The van der Waals surface area contributed by atoms with Gasteiger partial charge in [-0.3, -0.25) is 4.79 Å². The molecular formula is C17H29ClN4O3S. The molecule has 0 bridgehead atoms. The number of carbonyl (C=O) groups excluding carboxylic acids is 1. The second-order valence-corrected chi connectivity index (χ2v) is 7.94. The molecule has 2 rings (SSSR count). The minimum Gasteiger partial charge on any atom is -0.384 e. The first kappa shape index (κ1) is 22.7. The lowest BCUT2D eigenvalue weighted by Crippen LogP contribution is -2.31. The van der Waals surface area contributed by atoms with E-state index in [9.17, 15) is 13.2 Å². The average Bonchev–Trinajstić information content (AvgIpc) is 3.12. The van der Waals surface area contributed by atoms with Gasteiger partial charge in [-0.05, 0) is 38.1 Å². The van der Waals surface area contributed by atoms with Gasteiger partial charge >= 0.3 is 0 Å². The molecule has 0 spiro atoms. The standard InChI is InChI=1S/C17H28N4O3S.ClH/c1-4-19-15-8-7-14(25(23,24)21(5-2)6-3)11-16(15)20-17(22)13-9-10-18-12-13;/h7-8,11,13,18-19H,4-6,9-10,12H2,1-3H3,(H,20,22);1H. The Morgan fingerprint density at radius 2 is 1.92 bits per heavy atom. The quantitative estimate of drug-likeness (QED) is 0.617. The number of halogens is 1. The van der Waals surface area contributed by atoms with Crippen LogP contribution in [0.3, 0.4) is 0 Å². The van der Waals surface area contributed by atoms with Gasteiger partial charge in [0.15, 0.2) is 0 Å². The Hall–Kier alpha value is -1.35. The lowest BCUT2D eigenvalue weighted by atomic mass is 10.1. The molecule has 1 aromatic carbocycles. The summed E-state index contributed by atoms with van der Waals surface area (Å²) in [5, 5.41) is 9.24. The minimum atomic E-state index is -3.57. The molecule has 1 saturated heterocycles. The summed E-state index contributed by atoms with van der Waals surface area (Å²) in [6.45, 7) is 8.54. The Morgan fingerprint density at radius 1 is 1.23 bits per heavy atom. The van der Waals surface area contributed by atoms with Crippen LogP contribution in [-0.4, -0.2) is 51.4 Å². The van der Waals surface area contributed by atoms with Crippen molar-refractivity contribution in [3.8, 4) is 0 Å². The molecule has 7 nitrogen and oxygen atoms in total. The van der Waals surface area contributed by atoms with Crippen molar-refractivity contribution in [2.24, 2.45) is 5.92 Å². The molecule has 1 unspecified atom stereocenters. The number of rotatable bonds is 8. The van der Waals surface area contributed by atoms with Crippen LogP contribution >= 0.6 is 12.4 Å². The van der Waals surface area contributed by atoms with E-state index in [0.29, 0.717) is 31.9 Å². The normalized spacial score (nSPS) is 17.0. The largest absolute Gasteiger partial charge is 0.384 e. The summed E-state index contributed by atoms with van der Waals surface area (Å²) in [7, 11) is -3.57. The van der Waals surface area contributed by atoms with E-state index in [2.05, 4.69) is 16.0 Å². The Balaban J connectivity index is 0.00000338. The van der Waals surface area contributed by atoms with E-state index in [-0.39, 0.29) is 29.1 Å². The Labute approximate surface area is 162 Å². The first-order valence-electron chi connectivity index (χ1n) is 8.83.